The lowest BCUT2D eigenvalue weighted by Gasteiger charge is -2.14. The molecule has 1 amide bonds. The third-order valence-electron chi connectivity index (χ3n) is 5.48. The van der Waals surface area contributed by atoms with E-state index in [1.54, 1.807) is 42.6 Å². The van der Waals surface area contributed by atoms with Crippen LogP contribution in [-0.2, 0) is 11.3 Å². The molecule has 1 aliphatic rings. The Morgan fingerprint density at radius 1 is 1.11 bits per heavy atom. The first kappa shape index (κ1) is 24.7. The number of pyridine rings is 1. The lowest BCUT2D eigenvalue weighted by Crippen LogP contribution is -2.27. The molecular weight excluding hydrogens is 537 g/mol. The van der Waals surface area contributed by atoms with Crippen LogP contribution in [0.1, 0.15) is 16.7 Å². The lowest BCUT2D eigenvalue weighted by atomic mass is 10.2. The van der Waals surface area contributed by atoms with Crippen molar-refractivity contribution in [3.63, 3.8) is 0 Å². The number of rotatable bonds is 5. The van der Waals surface area contributed by atoms with Crippen molar-refractivity contribution >= 4 is 69.3 Å². The first-order chi connectivity index (χ1) is 17.3. The molecule has 5 rings (SSSR count). The van der Waals surface area contributed by atoms with E-state index in [4.69, 9.17) is 28.8 Å². The van der Waals surface area contributed by atoms with Gasteiger partial charge in [-0.2, -0.15) is 0 Å². The molecule has 36 heavy (non-hydrogen) atoms. The van der Waals surface area contributed by atoms with E-state index in [-0.39, 0.29) is 23.8 Å². The van der Waals surface area contributed by atoms with Crippen LogP contribution in [0.25, 0.3) is 11.7 Å². The molecule has 0 N–H and O–H groups in total. The fourth-order valence-corrected chi connectivity index (χ4v) is 5.89. The Kier molecular flexibility index (Phi) is 6.98. The van der Waals surface area contributed by atoms with Crippen LogP contribution in [-0.4, -0.2) is 24.5 Å². The summed E-state index contributed by atoms with van der Waals surface area (Å²) in [5.41, 5.74) is 2.14. The standard InChI is InChI=1S/C26H17ClFN3O2S3/c1-15-3-2-12-30-22(15)29-23(35-19-10-6-17(27)7-11-19)20(24(30)32)13-21-25(33)31(26(34)36-21)14-16-4-8-18(28)9-5-16/h2-13H,14H2,1H3. The van der Waals surface area contributed by atoms with E-state index in [0.29, 0.717) is 30.5 Å². The minimum atomic E-state index is -0.353. The fraction of sp³-hybridized carbons (Fsp3) is 0.0769. The molecule has 10 heteroatoms. The van der Waals surface area contributed by atoms with E-state index in [0.717, 1.165) is 27.8 Å². The molecule has 1 aliphatic heterocycles. The first-order valence-electron chi connectivity index (χ1n) is 10.8. The summed E-state index contributed by atoms with van der Waals surface area (Å²) < 4.78 is 15.1. The number of halogens is 2. The Morgan fingerprint density at radius 2 is 1.83 bits per heavy atom. The van der Waals surface area contributed by atoms with Crippen LogP contribution in [0.5, 0.6) is 0 Å². The molecule has 1 saturated heterocycles. The van der Waals surface area contributed by atoms with Gasteiger partial charge in [0.25, 0.3) is 11.5 Å². The molecular formula is C26H17ClFN3O2S3. The maximum Gasteiger partial charge on any atom is 0.266 e. The number of nitrogens with zero attached hydrogens (tertiary/aromatic N) is 3. The van der Waals surface area contributed by atoms with Gasteiger partial charge in [-0.05, 0) is 66.6 Å². The summed E-state index contributed by atoms with van der Waals surface area (Å²) in [5, 5.41) is 1.08. The van der Waals surface area contributed by atoms with E-state index >= 15 is 0 Å². The molecule has 2 aromatic carbocycles. The quantitative estimate of drug-likeness (QED) is 0.163. The maximum atomic E-state index is 13.6. The number of thioether (sulfide) groups is 1. The highest BCUT2D eigenvalue weighted by Gasteiger charge is 2.32. The molecule has 0 bridgehead atoms. The average molecular weight is 554 g/mol. The van der Waals surface area contributed by atoms with Crippen LogP contribution in [0.2, 0.25) is 5.02 Å². The third-order valence-corrected chi connectivity index (χ3v) is 8.12. The van der Waals surface area contributed by atoms with Crippen molar-refractivity contribution in [2.75, 3.05) is 0 Å². The van der Waals surface area contributed by atoms with Gasteiger partial charge in [0.2, 0.25) is 0 Å². The van der Waals surface area contributed by atoms with Gasteiger partial charge in [-0.15, -0.1) is 0 Å². The highest BCUT2D eigenvalue weighted by Crippen LogP contribution is 2.36. The molecule has 0 unspecified atom stereocenters. The lowest BCUT2D eigenvalue weighted by molar-refractivity contribution is -0.122. The Hall–Kier alpha value is -2.98. The van der Waals surface area contributed by atoms with Crippen LogP contribution in [0.15, 0.2) is 86.5 Å². The molecule has 5 nitrogen and oxygen atoms in total. The van der Waals surface area contributed by atoms with Gasteiger partial charge in [-0.25, -0.2) is 9.37 Å². The minimum absolute atomic E-state index is 0.211. The molecule has 0 atom stereocenters. The van der Waals surface area contributed by atoms with Crippen LogP contribution in [0.3, 0.4) is 0 Å². The van der Waals surface area contributed by atoms with Gasteiger partial charge in [0, 0.05) is 16.1 Å². The SMILES string of the molecule is Cc1cccn2c(=O)c(C=C3SC(=S)N(Cc4ccc(F)cc4)C3=O)c(Sc3ccc(Cl)cc3)nc12. The van der Waals surface area contributed by atoms with Crippen LogP contribution >= 0.6 is 47.3 Å². The predicted molar refractivity (Wildman–Crippen MR) is 147 cm³/mol. The number of benzene rings is 2. The predicted octanol–water partition coefficient (Wildman–Crippen LogP) is 6.35. The van der Waals surface area contributed by atoms with Crippen molar-refractivity contribution < 1.29 is 9.18 Å². The van der Waals surface area contributed by atoms with E-state index in [2.05, 4.69) is 0 Å². The molecule has 0 spiro atoms. The van der Waals surface area contributed by atoms with Gasteiger partial charge in [-0.1, -0.05) is 65.5 Å². The molecule has 180 valence electrons. The monoisotopic (exact) mass is 553 g/mol. The van der Waals surface area contributed by atoms with Gasteiger partial charge in [0.1, 0.15) is 20.8 Å². The first-order valence-corrected chi connectivity index (χ1v) is 13.2. The van der Waals surface area contributed by atoms with Crippen LogP contribution in [0, 0.1) is 12.7 Å². The average Bonchev–Trinajstić information content (AvgIpc) is 3.12. The number of carbonyl (C=O) groups is 1. The second-order valence-electron chi connectivity index (χ2n) is 7.97. The Labute approximate surface area is 225 Å². The number of amides is 1. The summed E-state index contributed by atoms with van der Waals surface area (Å²) in [6.07, 6.45) is 3.22. The van der Waals surface area contributed by atoms with Crippen molar-refractivity contribution in [1.82, 2.24) is 14.3 Å². The third kappa shape index (κ3) is 4.97. The molecule has 0 saturated carbocycles. The summed E-state index contributed by atoms with van der Waals surface area (Å²) in [6, 6.07) is 16.8. The summed E-state index contributed by atoms with van der Waals surface area (Å²) in [6.45, 7) is 2.10. The van der Waals surface area contributed by atoms with Gasteiger partial charge in [0.15, 0.2) is 0 Å². The topological polar surface area (TPSA) is 54.7 Å². The number of aromatic nitrogens is 2. The van der Waals surface area contributed by atoms with Gasteiger partial charge >= 0.3 is 0 Å². The van der Waals surface area contributed by atoms with E-state index < -0.39 is 0 Å². The van der Waals surface area contributed by atoms with Crippen molar-refractivity contribution in [2.45, 2.75) is 23.4 Å². The Morgan fingerprint density at radius 3 is 2.56 bits per heavy atom. The van der Waals surface area contributed by atoms with E-state index in [9.17, 15) is 14.0 Å². The number of fused-ring (bicyclic) bond motifs is 1. The zero-order valence-corrected chi connectivity index (χ0v) is 22.0. The zero-order valence-electron chi connectivity index (χ0n) is 18.8. The highest BCUT2D eigenvalue weighted by atomic mass is 35.5. The van der Waals surface area contributed by atoms with Crippen molar-refractivity contribution in [3.8, 4) is 0 Å². The number of hydrogen-bond acceptors (Lipinski definition) is 6. The van der Waals surface area contributed by atoms with E-state index in [1.807, 2.05) is 25.1 Å². The fourth-order valence-electron chi connectivity index (χ4n) is 3.65. The zero-order chi connectivity index (χ0) is 25.4. The largest absolute Gasteiger partial charge is 0.288 e. The van der Waals surface area contributed by atoms with Crippen molar-refractivity contribution in [1.29, 1.82) is 0 Å². The maximum absolute atomic E-state index is 13.6. The van der Waals surface area contributed by atoms with Crippen LogP contribution in [0.4, 0.5) is 4.39 Å². The van der Waals surface area contributed by atoms with E-state index in [1.165, 1.54) is 33.2 Å². The Bertz CT molecular complexity index is 1600. The molecule has 0 radical (unpaired) electrons. The van der Waals surface area contributed by atoms with Gasteiger partial charge in [0.05, 0.1) is 17.0 Å². The number of carbonyl (C=O) groups excluding carboxylic acids is 1. The van der Waals surface area contributed by atoms with Gasteiger partial charge < -0.3 is 0 Å². The summed E-state index contributed by atoms with van der Waals surface area (Å²) in [5.74, 6) is -0.667. The van der Waals surface area contributed by atoms with Crippen molar-refractivity contribution in [2.24, 2.45) is 0 Å². The van der Waals surface area contributed by atoms with Gasteiger partial charge in [-0.3, -0.25) is 18.9 Å². The second kappa shape index (κ2) is 10.2. The number of hydrogen-bond donors (Lipinski definition) is 0. The number of thiocarbonyl (C=S) groups is 1. The molecule has 2 aromatic heterocycles. The molecule has 3 heterocycles. The molecule has 1 fully saturated rings. The summed E-state index contributed by atoms with van der Waals surface area (Å²) in [4.78, 5) is 34.2. The molecule has 4 aromatic rings. The smallest absolute Gasteiger partial charge is 0.266 e. The Balaban J connectivity index is 1.57. The summed E-state index contributed by atoms with van der Waals surface area (Å²) >= 11 is 13.9. The van der Waals surface area contributed by atoms with Crippen molar-refractivity contribution in [3.05, 3.63) is 110 Å². The minimum Gasteiger partial charge on any atom is -0.288 e. The number of aryl methyl sites for hydroxylation is 1. The molecule has 0 aliphatic carbocycles. The normalized spacial score (nSPS) is 14.9. The van der Waals surface area contributed by atoms with Crippen LogP contribution < -0.4 is 5.56 Å². The highest BCUT2D eigenvalue weighted by molar-refractivity contribution is 8.26. The summed E-state index contributed by atoms with van der Waals surface area (Å²) in [7, 11) is 0. The second-order valence-corrected chi connectivity index (χ2v) is 11.1.